The van der Waals surface area contributed by atoms with Crippen molar-refractivity contribution in [2.24, 2.45) is 0 Å². The molecule has 22 heavy (non-hydrogen) atoms. The Balaban J connectivity index is 1.92. The fraction of sp³-hybridized carbons (Fsp3) is 0.176. The lowest BCUT2D eigenvalue weighted by atomic mass is 10.2. The highest BCUT2D eigenvalue weighted by molar-refractivity contribution is 8.03. The van der Waals surface area contributed by atoms with Gasteiger partial charge in [-0.2, -0.15) is 5.10 Å². The van der Waals surface area contributed by atoms with E-state index in [1.165, 1.54) is 0 Å². The van der Waals surface area contributed by atoms with Gasteiger partial charge < -0.3 is 0 Å². The number of carbonyl (C=O) groups is 1. The number of benzene rings is 1. The molecule has 0 amide bonds. The van der Waals surface area contributed by atoms with Crippen LogP contribution in [0.25, 0.3) is 5.69 Å². The Morgan fingerprint density at radius 2 is 2.14 bits per heavy atom. The van der Waals surface area contributed by atoms with Gasteiger partial charge in [0.2, 0.25) is 0 Å². The minimum Gasteiger partial charge on any atom is -0.293 e. The summed E-state index contributed by atoms with van der Waals surface area (Å²) in [7, 11) is 0. The number of allylic oxidation sites excluding steroid dienone is 3. The molecule has 0 saturated carbocycles. The molecular weight excluding hydrogens is 316 g/mol. The van der Waals surface area contributed by atoms with Crippen molar-refractivity contribution >= 4 is 29.1 Å². The number of alkyl halides is 1. The summed E-state index contributed by atoms with van der Waals surface area (Å²) in [5, 5.41) is 4.49. The highest BCUT2D eigenvalue weighted by Gasteiger charge is 2.16. The lowest BCUT2D eigenvalue weighted by Gasteiger charge is -2.09. The molecule has 1 aliphatic carbocycles. The quantitative estimate of drug-likeness (QED) is 0.606. The van der Waals surface area contributed by atoms with Crippen molar-refractivity contribution in [3.63, 3.8) is 0 Å². The van der Waals surface area contributed by atoms with Crippen molar-refractivity contribution in [3.05, 3.63) is 65.4 Å². The first-order valence-corrected chi connectivity index (χ1v) is 8.25. The number of rotatable bonds is 4. The van der Waals surface area contributed by atoms with Crippen LogP contribution in [0.2, 0.25) is 0 Å². The number of ketones is 1. The van der Waals surface area contributed by atoms with E-state index in [4.69, 9.17) is 11.6 Å². The molecule has 0 spiro atoms. The molecule has 1 unspecified atom stereocenters. The van der Waals surface area contributed by atoms with Crippen LogP contribution in [0.15, 0.2) is 64.6 Å². The van der Waals surface area contributed by atoms with Crippen molar-refractivity contribution in [1.29, 1.82) is 0 Å². The Hall–Kier alpha value is -1.78. The van der Waals surface area contributed by atoms with Gasteiger partial charge in [0.15, 0.2) is 5.78 Å². The molecule has 2 aromatic rings. The van der Waals surface area contributed by atoms with Gasteiger partial charge >= 0.3 is 0 Å². The van der Waals surface area contributed by atoms with Gasteiger partial charge in [0.1, 0.15) is 5.69 Å². The first-order valence-electron chi connectivity index (χ1n) is 7.00. The SMILES string of the molecule is CC(=O)c1nn(-c2ccccc2)cc1SC1=CCC(Cl)C=C1. The molecular formula is C17H15ClN2OS. The predicted octanol–water partition coefficient (Wildman–Crippen LogP) is 4.62. The van der Waals surface area contributed by atoms with Crippen LogP contribution in [0.4, 0.5) is 0 Å². The minimum atomic E-state index is -0.0345. The van der Waals surface area contributed by atoms with Gasteiger partial charge in [-0.25, -0.2) is 4.68 Å². The second kappa shape index (κ2) is 6.55. The summed E-state index contributed by atoms with van der Waals surface area (Å²) in [5.41, 5.74) is 1.43. The van der Waals surface area contributed by atoms with E-state index in [2.05, 4.69) is 11.2 Å². The van der Waals surface area contributed by atoms with Crippen LogP contribution in [0.3, 0.4) is 0 Å². The fourth-order valence-corrected chi connectivity index (χ4v) is 3.34. The largest absolute Gasteiger partial charge is 0.293 e. The van der Waals surface area contributed by atoms with Gasteiger partial charge in [-0.1, -0.05) is 48.2 Å². The van der Waals surface area contributed by atoms with Crippen molar-refractivity contribution in [2.45, 2.75) is 23.6 Å². The summed E-state index contributed by atoms with van der Waals surface area (Å²) in [6, 6.07) is 9.77. The molecule has 0 saturated heterocycles. The third kappa shape index (κ3) is 3.34. The maximum atomic E-state index is 11.9. The van der Waals surface area contributed by atoms with Crippen molar-refractivity contribution < 1.29 is 4.79 Å². The molecule has 1 aromatic heterocycles. The fourth-order valence-electron chi connectivity index (χ4n) is 2.17. The number of Topliss-reactive ketones (excluding diaryl/α,β-unsaturated/α-hetero) is 1. The molecule has 112 valence electrons. The Bertz CT molecular complexity index is 749. The molecule has 5 heteroatoms. The number of thioether (sulfide) groups is 1. The van der Waals surface area contributed by atoms with E-state index >= 15 is 0 Å². The summed E-state index contributed by atoms with van der Waals surface area (Å²) < 4.78 is 1.75. The van der Waals surface area contributed by atoms with Crippen molar-refractivity contribution in [2.75, 3.05) is 0 Å². The van der Waals surface area contributed by atoms with E-state index in [1.54, 1.807) is 23.4 Å². The average Bonchev–Trinajstić information content (AvgIpc) is 2.95. The van der Waals surface area contributed by atoms with Gasteiger partial charge in [0.05, 0.1) is 16.0 Å². The van der Waals surface area contributed by atoms with Crippen LogP contribution < -0.4 is 0 Å². The Labute approximate surface area is 138 Å². The van der Waals surface area contributed by atoms with Crippen LogP contribution in [0.5, 0.6) is 0 Å². The second-order valence-electron chi connectivity index (χ2n) is 5.00. The van der Waals surface area contributed by atoms with E-state index in [-0.39, 0.29) is 11.2 Å². The molecule has 0 aliphatic heterocycles. The minimum absolute atomic E-state index is 0.0345. The molecule has 0 radical (unpaired) electrons. The number of nitrogens with zero attached hydrogens (tertiary/aromatic N) is 2. The van der Waals surface area contributed by atoms with Crippen LogP contribution >= 0.6 is 23.4 Å². The zero-order chi connectivity index (χ0) is 15.5. The van der Waals surface area contributed by atoms with Gasteiger partial charge in [-0.05, 0) is 18.6 Å². The van der Waals surface area contributed by atoms with E-state index in [0.717, 1.165) is 21.9 Å². The summed E-state index contributed by atoms with van der Waals surface area (Å²) >= 11 is 7.59. The van der Waals surface area contributed by atoms with Crippen LogP contribution in [-0.2, 0) is 0 Å². The zero-order valence-electron chi connectivity index (χ0n) is 12.1. The first-order chi connectivity index (χ1) is 10.6. The Kier molecular flexibility index (Phi) is 4.50. The number of para-hydroxylation sites is 1. The van der Waals surface area contributed by atoms with Gasteiger partial charge in [0.25, 0.3) is 0 Å². The van der Waals surface area contributed by atoms with Crippen molar-refractivity contribution in [3.8, 4) is 5.69 Å². The van der Waals surface area contributed by atoms with Crippen molar-refractivity contribution in [1.82, 2.24) is 9.78 Å². The number of carbonyl (C=O) groups excluding carboxylic acids is 1. The average molecular weight is 331 g/mol. The van der Waals surface area contributed by atoms with Crippen LogP contribution in [0.1, 0.15) is 23.8 Å². The normalized spacial score (nSPS) is 17.4. The summed E-state index contributed by atoms with van der Waals surface area (Å²) in [4.78, 5) is 13.8. The Morgan fingerprint density at radius 1 is 1.36 bits per heavy atom. The zero-order valence-corrected chi connectivity index (χ0v) is 13.6. The molecule has 0 bridgehead atoms. The number of hydrogen-bond acceptors (Lipinski definition) is 3. The van der Waals surface area contributed by atoms with Gasteiger partial charge in [0, 0.05) is 18.0 Å². The highest BCUT2D eigenvalue weighted by atomic mass is 35.5. The maximum absolute atomic E-state index is 11.9. The van der Waals surface area contributed by atoms with Gasteiger partial charge in [-0.3, -0.25) is 4.79 Å². The first kappa shape index (κ1) is 15.1. The second-order valence-corrected chi connectivity index (χ2v) is 6.67. The highest BCUT2D eigenvalue weighted by Crippen LogP contribution is 2.33. The molecule has 3 rings (SSSR count). The number of halogens is 1. The molecule has 0 N–H and O–H groups in total. The monoisotopic (exact) mass is 330 g/mol. The van der Waals surface area contributed by atoms with E-state index in [0.29, 0.717) is 5.69 Å². The summed E-state index contributed by atoms with van der Waals surface area (Å²) in [6.45, 7) is 1.54. The molecule has 1 atom stereocenters. The summed E-state index contributed by atoms with van der Waals surface area (Å²) in [6.07, 6.45) is 8.77. The molecule has 3 nitrogen and oxygen atoms in total. The van der Waals surface area contributed by atoms with E-state index in [9.17, 15) is 4.79 Å². The summed E-state index contributed by atoms with van der Waals surface area (Å²) in [5.74, 6) is -0.0345. The van der Waals surface area contributed by atoms with Crippen LogP contribution in [0, 0.1) is 0 Å². The van der Waals surface area contributed by atoms with Gasteiger partial charge in [-0.15, -0.1) is 11.6 Å². The third-order valence-corrected chi connectivity index (χ3v) is 4.66. The lowest BCUT2D eigenvalue weighted by molar-refractivity contribution is 0.101. The number of hydrogen-bond donors (Lipinski definition) is 0. The van der Waals surface area contributed by atoms with Crippen LogP contribution in [-0.4, -0.2) is 20.9 Å². The lowest BCUT2D eigenvalue weighted by Crippen LogP contribution is -1.99. The third-order valence-electron chi connectivity index (χ3n) is 3.28. The predicted molar refractivity (Wildman–Crippen MR) is 90.9 cm³/mol. The molecule has 1 aliphatic rings. The van der Waals surface area contributed by atoms with E-state index < -0.39 is 0 Å². The molecule has 1 heterocycles. The Morgan fingerprint density at radius 3 is 2.77 bits per heavy atom. The molecule has 1 aromatic carbocycles. The molecule has 0 fully saturated rings. The smallest absolute Gasteiger partial charge is 0.181 e. The maximum Gasteiger partial charge on any atom is 0.181 e. The van der Waals surface area contributed by atoms with E-state index in [1.807, 2.05) is 48.7 Å². The topological polar surface area (TPSA) is 34.9 Å². The standard InChI is InChI=1S/C17H15ClN2OS/c1-12(21)17-16(22-15-9-7-13(18)8-10-15)11-20(19-17)14-5-3-2-4-6-14/h2-7,9-11,13H,8H2,1H3. The number of aromatic nitrogens is 2.